The van der Waals surface area contributed by atoms with Crippen LogP contribution in [0.4, 0.5) is 0 Å². The number of nitrogens with one attached hydrogen (secondary N) is 10. The number of aliphatic hydroxyl groups is 2. The second-order valence-electron chi connectivity index (χ2n) is 20.7. The number of carbonyl (C=O) groups excluding carboxylic acids is 9. The van der Waals surface area contributed by atoms with Crippen molar-refractivity contribution >= 4 is 114 Å². The normalized spacial score (nSPS) is 20.6. The summed E-state index contributed by atoms with van der Waals surface area (Å²) in [6.07, 6.45) is -1.79. The molecule has 25 nitrogen and oxygen atoms in total. The molecule has 1 aliphatic rings. The van der Waals surface area contributed by atoms with Crippen LogP contribution in [-0.2, 0) is 62.4 Å². The summed E-state index contributed by atoms with van der Waals surface area (Å²) in [5, 5.41) is 65.6. The van der Waals surface area contributed by atoms with Crippen molar-refractivity contribution in [1.82, 2.24) is 52.8 Å². The van der Waals surface area contributed by atoms with Crippen LogP contribution in [0, 0.1) is 3.57 Å². The Labute approximate surface area is 523 Å². The number of para-hydroxylation sites is 1. The smallest absolute Gasteiger partial charge is 0.328 e. The summed E-state index contributed by atoms with van der Waals surface area (Å²) in [4.78, 5) is 144. The summed E-state index contributed by atoms with van der Waals surface area (Å²) in [5.41, 5.74) is 8.49. The molecule has 466 valence electrons. The molecule has 1 aliphatic heterocycles. The van der Waals surface area contributed by atoms with Crippen LogP contribution in [-0.4, -0.2) is 170 Å². The first-order chi connectivity index (χ1) is 41.6. The number of aromatic nitrogens is 1. The Bertz CT molecular complexity index is 3210. The molecule has 1 fully saturated rings. The molecular formula is C59H72IN11O14S2. The number of benzene rings is 4. The molecular weight excluding hydrogens is 1280 g/mol. The van der Waals surface area contributed by atoms with E-state index in [0.29, 0.717) is 39.6 Å². The van der Waals surface area contributed by atoms with Crippen molar-refractivity contribution in [3.05, 3.63) is 135 Å². The molecule has 0 bridgehead atoms. The number of H-pyrrole nitrogens is 1. The van der Waals surface area contributed by atoms with E-state index in [2.05, 4.69) is 75.4 Å². The topological polar surface area (TPSA) is 402 Å². The number of phenolic OH excluding ortho intramolecular Hbond substituents is 1. The van der Waals surface area contributed by atoms with Crippen molar-refractivity contribution in [3.63, 3.8) is 0 Å². The number of carboxylic acids is 1. The first-order valence-electron chi connectivity index (χ1n) is 28.0. The van der Waals surface area contributed by atoms with Crippen molar-refractivity contribution in [2.24, 2.45) is 5.73 Å². The van der Waals surface area contributed by atoms with E-state index in [1.165, 1.54) is 31.2 Å². The van der Waals surface area contributed by atoms with Crippen LogP contribution < -0.4 is 53.6 Å². The number of nitrogens with two attached hydrogens (primary N) is 1. The van der Waals surface area contributed by atoms with E-state index in [1.54, 1.807) is 79.0 Å². The number of amides is 9. The van der Waals surface area contributed by atoms with Gasteiger partial charge in [0.2, 0.25) is 47.3 Å². The van der Waals surface area contributed by atoms with Crippen LogP contribution in [0.15, 0.2) is 109 Å². The average Bonchev–Trinajstić information content (AvgIpc) is 4.10. The molecule has 10 atom stereocenters. The van der Waals surface area contributed by atoms with Gasteiger partial charge < -0.3 is 79.0 Å². The van der Waals surface area contributed by atoms with E-state index in [0.717, 1.165) is 32.1 Å². The third kappa shape index (κ3) is 21.3. The number of hydrogen-bond acceptors (Lipinski definition) is 16. The molecule has 0 saturated carbocycles. The second-order valence-corrected chi connectivity index (χ2v) is 24.5. The molecule has 0 aliphatic carbocycles. The first kappa shape index (κ1) is 68.3. The van der Waals surface area contributed by atoms with Gasteiger partial charge in [0, 0.05) is 70.0 Å². The number of halogens is 1. The zero-order valence-corrected chi connectivity index (χ0v) is 51.4. The molecule has 4 aromatic carbocycles. The van der Waals surface area contributed by atoms with Crippen LogP contribution in [0.2, 0.25) is 0 Å². The molecule has 9 amide bonds. The van der Waals surface area contributed by atoms with Crippen molar-refractivity contribution in [3.8, 4) is 5.75 Å². The summed E-state index contributed by atoms with van der Waals surface area (Å²) in [5.74, 6) is -10.3. The Morgan fingerprint density at radius 2 is 1.37 bits per heavy atom. The third-order valence-corrected chi connectivity index (χ3v) is 17.0. The number of unbranched alkanes of at least 4 members (excludes halogenated alkanes) is 1. The van der Waals surface area contributed by atoms with E-state index in [9.17, 15) is 58.8 Å². The minimum atomic E-state index is -1.87. The molecule has 16 N–H and O–H groups in total. The van der Waals surface area contributed by atoms with E-state index in [1.807, 2.05) is 6.07 Å². The average molecular weight is 1350 g/mol. The van der Waals surface area contributed by atoms with Gasteiger partial charge in [-0.15, -0.1) is 0 Å². The predicted molar refractivity (Wildman–Crippen MR) is 334 cm³/mol. The molecule has 2 unspecified atom stereocenters. The van der Waals surface area contributed by atoms with Gasteiger partial charge in [-0.3, -0.25) is 43.2 Å². The number of aliphatic hydroxyl groups excluding tert-OH is 2. The number of aromatic amines is 1. The van der Waals surface area contributed by atoms with Crippen LogP contribution in [0.5, 0.6) is 5.75 Å². The highest BCUT2D eigenvalue weighted by atomic mass is 125. The van der Waals surface area contributed by atoms with Gasteiger partial charge in [-0.2, -0.15) is 0 Å². The van der Waals surface area contributed by atoms with Crippen LogP contribution in [0.1, 0.15) is 66.6 Å². The summed E-state index contributed by atoms with van der Waals surface area (Å²) >= 11 is 2.07. The maximum Gasteiger partial charge on any atom is 0.328 e. The summed E-state index contributed by atoms with van der Waals surface area (Å²) < 4.78 is 0.821. The van der Waals surface area contributed by atoms with Gasteiger partial charge in [-0.25, -0.2) is 4.79 Å². The Balaban J connectivity index is 1.40. The number of phenols is 1. The largest absolute Gasteiger partial charge is 0.508 e. The monoisotopic (exact) mass is 1350 g/mol. The maximum absolute atomic E-state index is 15.0. The highest BCUT2D eigenvalue weighted by Crippen LogP contribution is 2.25. The molecule has 1 aromatic heterocycles. The highest BCUT2D eigenvalue weighted by molar-refractivity contribution is 14.1. The SMILES string of the molecule is CC(O)[C@H](NC(=O)[C@@H]1CSSC[C@H](NC(=O)[C@@H](Cc2ccccc2)NC(=O)CCNC(=O)c2cccc([125I])c2)C(=O)N[C@@H](Cc2ccc(O)cc2)C(=O)N[C@H](Cc2c[nH]c3ccccc23)C(=O)N[C@@H](CCCCN)C(=O)N[C@@H](C(C)O)C(=O)N1)C(=O)O. The van der Waals surface area contributed by atoms with Crippen molar-refractivity contribution in [2.75, 3.05) is 24.6 Å². The van der Waals surface area contributed by atoms with Crippen molar-refractivity contribution in [2.45, 2.75) is 119 Å². The standard InChI is InChI=1S/C59H72IN11O14S2/c1-32(72)49-58(83)69-47(57(82)71-50(33(2)73)59(84)85)31-87-86-30-46(68-53(78)43(25-34-11-4-3-5-12-34)64-48(75)22-24-62-51(76)36-13-10-14-38(60)27-36)56(81)66-44(26-35-18-20-39(74)21-19-35)54(79)67-45(28-37-29-63-41-16-7-6-15-40(37)41)55(80)65-42(52(77)70-49)17-8-9-23-61/h3-7,10-16,18-21,27,29,32-33,42-47,49-50,63,72-74H,8-9,17,22-26,28,30-31,61H2,1-2H3,(H,62,76)(H,64,75)(H,65,80)(H,66,81)(H,67,79)(H,68,78)(H,69,83)(H,70,77)(H,71,82)(H,84,85)/t32?,33?,42-,43+,44-,45+,46-,47-,49-,50-/m0/s1/i60-2. The summed E-state index contributed by atoms with van der Waals surface area (Å²) in [7, 11) is 1.75. The van der Waals surface area contributed by atoms with E-state index in [-0.39, 0.29) is 63.1 Å². The second kappa shape index (κ2) is 34.0. The quantitative estimate of drug-likeness (QED) is 0.0256. The van der Waals surface area contributed by atoms with E-state index < -0.39 is 125 Å². The Morgan fingerprint density at radius 1 is 0.713 bits per heavy atom. The Morgan fingerprint density at radius 3 is 2.05 bits per heavy atom. The lowest BCUT2D eigenvalue weighted by Crippen LogP contribution is -2.62. The van der Waals surface area contributed by atoms with Gasteiger partial charge >= 0.3 is 5.97 Å². The molecule has 0 radical (unpaired) electrons. The summed E-state index contributed by atoms with van der Waals surface area (Å²) in [6, 6.07) is 15.6. The number of carboxylic acid groups (broad SMARTS) is 1. The first-order valence-corrected chi connectivity index (χ1v) is 31.5. The number of hydrogen-bond donors (Lipinski definition) is 15. The van der Waals surface area contributed by atoms with Crippen LogP contribution >= 0.6 is 44.2 Å². The van der Waals surface area contributed by atoms with Crippen molar-refractivity contribution in [1.29, 1.82) is 0 Å². The summed E-state index contributed by atoms with van der Waals surface area (Å²) in [6.45, 7) is 2.40. The lowest BCUT2D eigenvalue weighted by atomic mass is 10.0. The highest BCUT2D eigenvalue weighted by Gasteiger charge is 2.37. The third-order valence-electron chi connectivity index (χ3n) is 13.9. The van der Waals surface area contributed by atoms with Gasteiger partial charge in [0.15, 0.2) is 6.04 Å². The zero-order chi connectivity index (χ0) is 63.2. The van der Waals surface area contributed by atoms with Gasteiger partial charge in [0.05, 0.1) is 12.2 Å². The fourth-order valence-electron chi connectivity index (χ4n) is 9.17. The fourth-order valence-corrected chi connectivity index (χ4v) is 12.0. The van der Waals surface area contributed by atoms with Crippen LogP contribution in [0.25, 0.3) is 10.9 Å². The fraction of sp³-hybridized carbons (Fsp3) is 0.390. The van der Waals surface area contributed by atoms with Gasteiger partial charge in [-0.1, -0.05) is 88.3 Å². The van der Waals surface area contributed by atoms with Gasteiger partial charge in [-0.05, 0) is 115 Å². The van der Waals surface area contributed by atoms with Gasteiger partial charge in [0.1, 0.15) is 48.0 Å². The van der Waals surface area contributed by atoms with Crippen molar-refractivity contribution < 1.29 is 68.4 Å². The minimum Gasteiger partial charge on any atom is -0.508 e. The Kier molecular flexibility index (Phi) is 26.7. The van der Waals surface area contributed by atoms with E-state index in [4.69, 9.17) is 5.73 Å². The maximum atomic E-state index is 15.0. The molecule has 1 saturated heterocycles. The lowest BCUT2D eigenvalue weighted by molar-refractivity contribution is -0.145. The minimum absolute atomic E-state index is 0.0550. The molecule has 5 aromatic rings. The predicted octanol–water partition coefficient (Wildman–Crippen LogP) is 0.575. The lowest BCUT2D eigenvalue weighted by Gasteiger charge is -2.29. The molecule has 0 spiro atoms. The Hall–Kier alpha value is -7.77. The number of rotatable bonds is 22. The molecule has 28 heteroatoms. The molecule has 87 heavy (non-hydrogen) atoms. The zero-order valence-electron chi connectivity index (χ0n) is 47.6. The van der Waals surface area contributed by atoms with Gasteiger partial charge in [0.25, 0.3) is 5.91 Å². The number of fused-ring (bicyclic) bond motifs is 1. The molecule has 2 heterocycles. The number of aliphatic carboxylic acids is 1. The number of carbonyl (C=O) groups is 10. The van der Waals surface area contributed by atoms with E-state index >= 15 is 9.59 Å². The number of aromatic hydroxyl groups is 1. The molecule has 6 rings (SSSR count). The van der Waals surface area contributed by atoms with Crippen LogP contribution in [0.3, 0.4) is 0 Å².